The molecule has 2 heteroatoms. The predicted molar refractivity (Wildman–Crippen MR) is 66.0 cm³/mol. The molecule has 0 aromatic rings. The van der Waals surface area contributed by atoms with E-state index in [0.717, 1.165) is 24.8 Å². The van der Waals surface area contributed by atoms with Crippen LogP contribution in [0.15, 0.2) is 0 Å². The molecule has 0 aromatic heterocycles. The Hall–Kier alpha value is -0.530. The molecular formula is C14H25NO. The predicted octanol–water partition coefficient (Wildman–Crippen LogP) is 2.98. The molecule has 2 rings (SSSR count). The van der Waals surface area contributed by atoms with Crippen LogP contribution < -0.4 is 5.32 Å². The van der Waals surface area contributed by atoms with Crippen molar-refractivity contribution in [2.24, 2.45) is 23.7 Å². The van der Waals surface area contributed by atoms with Crippen molar-refractivity contribution < 1.29 is 4.79 Å². The van der Waals surface area contributed by atoms with E-state index in [9.17, 15) is 4.79 Å². The minimum absolute atomic E-state index is 0.313. The number of nitrogens with one attached hydrogen (secondary N) is 1. The molecule has 2 nitrogen and oxygen atoms in total. The Kier molecular flexibility index (Phi) is 3.88. The number of hydrogen-bond acceptors (Lipinski definition) is 1. The number of rotatable bonds is 1. The fraction of sp³-hybridized carbons (Fsp3) is 0.929. The van der Waals surface area contributed by atoms with Gasteiger partial charge >= 0.3 is 0 Å². The summed E-state index contributed by atoms with van der Waals surface area (Å²) in [5.74, 6) is 2.92. The summed E-state index contributed by atoms with van der Waals surface area (Å²) >= 11 is 0. The zero-order chi connectivity index (χ0) is 11.5. The van der Waals surface area contributed by atoms with Crippen molar-refractivity contribution in [2.75, 3.05) is 6.54 Å². The summed E-state index contributed by atoms with van der Waals surface area (Å²) in [4.78, 5) is 12.0. The molecule has 92 valence electrons. The van der Waals surface area contributed by atoms with Crippen LogP contribution in [0.4, 0.5) is 0 Å². The SMILES string of the molecule is CC1CC(C)CC(C2CCCCNC2=O)C1. The Morgan fingerprint density at radius 2 is 1.75 bits per heavy atom. The third kappa shape index (κ3) is 2.78. The van der Waals surface area contributed by atoms with Gasteiger partial charge in [0.25, 0.3) is 0 Å². The first-order chi connectivity index (χ1) is 7.66. The molecule has 0 bridgehead atoms. The molecule has 16 heavy (non-hydrogen) atoms. The van der Waals surface area contributed by atoms with Crippen molar-refractivity contribution >= 4 is 5.91 Å². The first-order valence-corrected chi connectivity index (χ1v) is 6.94. The number of hydrogen-bond donors (Lipinski definition) is 1. The zero-order valence-corrected chi connectivity index (χ0v) is 10.7. The lowest BCUT2D eigenvalue weighted by Gasteiger charge is -2.35. The van der Waals surface area contributed by atoms with Crippen LogP contribution in [-0.2, 0) is 4.79 Å². The van der Waals surface area contributed by atoms with Crippen LogP contribution in [0.2, 0.25) is 0 Å². The standard InChI is InChI=1S/C14H25NO/c1-10-7-11(2)9-12(8-10)13-5-3-4-6-15-14(13)16/h10-13H,3-9H2,1-2H3,(H,15,16). The van der Waals surface area contributed by atoms with E-state index in [-0.39, 0.29) is 0 Å². The van der Waals surface area contributed by atoms with Gasteiger partial charge in [0.1, 0.15) is 0 Å². The molecule has 1 N–H and O–H groups in total. The van der Waals surface area contributed by atoms with Crippen LogP contribution in [0.25, 0.3) is 0 Å². The molecule has 1 heterocycles. The minimum atomic E-state index is 0.313. The van der Waals surface area contributed by atoms with E-state index in [1.54, 1.807) is 0 Å². The van der Waals surface area contributed by atoms with Gasteiger partial charge < -0.3 is 5.32 Å². The lowest BCUT2D eigenvalue weighted by Crippen LogP contribution is -2.36. The summed E-state index contributed by atoms with van der Waals surface area (Å²) in [5, 5.41) is 3.08. The van der Waals surface area contributed by atoms with Gasteiger partial charge in [-0.2, -0.15) is 0 Å². The number of amides is 1. The van der Waals surface area contributed by atoms with E-state index in [1.807, 2.05) is 0 Å². The largest absolute Gasteiger partial charge is 0.356 e. The van der Waals surface area contributed by atoms with Crippen molar-refractivity contribution in [1.29, 1.82) is 0 Å². The third-order valence-electron chi connectivity index (χ3n) is 4.36. The average Bonchev–Trinajstić information content (AvgIpc) is 2.41. The molecule has 1 aliphatic heterocycles. The van der Waals surface area contributed by atoms with Gasteiger partial charge in [-0.15, -0.1) is 0 Å². The van der Waals surface area contributed by atoms with Crippen LogP contribution >= 0.6 is 0 Å². The number of carbonyl (C=O) groups is 1. The monoisotopic (exact) mass is 223 g/mol. The summed E-state index contributed by atoms with van der Waals surface area (Å²) in [6.45, 7) is 5.59. The molecule has 1 saturated carbocycles. The second kappa shape index (κ2) is 5.20. The molecule has 0 aromatic carbocycles. The summed E-state index contributed by atoms with van der Waals surface area (Å²) in [6, 6.07) is 0. The van der Waals surface area contributed by atoms with Gasteiger partial charge in [0.15, 0.2) is 0 Å². The molecule has 2 aliphatic rings. The molecule has 1 amide bonds. The van der Waals surface area contributed by atoms with Gasteiger partial charge in [-0.3, -0.25) is 4.79 Å². The topological polar surface area (TPSA) is 29.1 Å². The second-order valence-corrected chi connectivity index (χ2v) is 6.07. The van der Waals surface area contributed by atoms with Crippen LogP contribution in [-0.4, -0.2) is 12.5 Å². The molecule has 0 radical (unpaired) electrons. The maximum atomic E-state index is 12.0. The Morgan fingerprint density at radius 1 is 1.06 bits per heavy atom. The van der Waals surface area contributed by atoms with E-state index < -0.39 is 0 Å². The quantitative estimate of drug-likeness (QED) is 0.727. The minimum Gasteiger partial charge on any atom is -0.356 e. The summed E-state index contributed by atoms with van der Waals surface area (Å²) < 4.78 is 0. The van der Waals surface area contributed by atoms with Gasteiger partial charge in [0.2, 0.25) is 5.91 Å². The highest BCUT2D eigenvalue weighted by Gasteiger charge is 2.34. The lowest BCUT2D eigenvalue weighted by molar-refractivity contribution is -0.127. The smallest absolute Gasteiger partial charge is 0.223 e. The van der Waals surface area contributed by atoms with E-state index in [1.165, 1.54) is 32.1 Å². The van der Waals surface area contributed by atoms with Gasteiger partial charge in [-0.25, -0.2) is 0 Å². The first kappa shape index (κ1) is 11.9. The second-order valence-electron chi connectivity index (χ2n) is 6.07. The highest BCUT2D eigenvalue weighted by atomic mass is 16.1. The zero-order valence-electron chi connectivity index (χ0n) is 10.7. The summed E-state index contributed by atoms with van der Waals surface area (Å²) in [7, 11) is 0. The highest BCUT2D eigenvalue weighted by Crippen LogP contribution is 2.39. The summed E-state index contributed by atoms with van der Waals surface area (Å²) in [5.41, 5.74) is 0. The fourth-order valence-electron chi connectivity index (χ4n) is 3.75. The Bertz CT molecular complexity index is 241. The van der Waals surface area contributed by atoms with E-state index in [2.05, 4.69) is 19.2 Å². The van der Waals surface area contributed by atoms with Crippen LogP contribution in [0.5, 0.6) is 0 Å². The van der Waals surface area contributed by atoms with Crippen molar-refractivity contribution in [3.05, 3.63) is 0 Å². The Balaban J connectivity index is 2.01. The van der Waals surface area contributed by atoms with Gasteiger partial charge in [0, 0.05) is 12.5 Å². The fourth-order valence-corrected chi connectivity index (χ4v) is 3.75. The van der Waals surface area contributed by atoms with Crippen LogP contribution in [0.3, 0.4) is 0 Å². The van der Waals surface area contributed by atoms with E-state index >= 15 is 0 Å². The number of carbonyl (C=O) groups excluding carboxylic acids is 1. The summed E-state index contributed by atoms with van der Waals surface area (Å²) in [6.07, 6.45) is 7.40. The molecule has 0 spiro atoms. The van der Waals surface area contributed by atoms with E-state index in [4.69, 9.17) is 0 Å². The Labute approximate surface area is 99.2 Å². The van der Waals surface area contributed by atoms with Crippen molar-refractivity contribution in [1.82, 2.24) is 5.32 Å². The van der Waals surface area contributed by atoms with E-state index in [0.29, 0.717) is 17.7 Å². The normalized spacial score (nSPS) is 41.2. The molecule has 1 aliphatic carbocycles. The van der Waals surface area contributed by atoms with Gasteiger partial charge in [0.05, 0.1) is 0 Å². The third-order valence-corrected chi connectivity index (χ3v) is 4.36. The molecule has 1 saturated heterocycles. The molecule has 3 unspecified atom stereocenters. The van der Waals surface area contributed by atoms with Crippen molar-refractivity contribution in [3.8, 4) is 0 Å². The molecule has 3 atom stereocenters. The van der Waals surface area contributed by atoms with Gasteiger partial charge in [-0.05, 0) is 49.9 Å². The van der Waals surface area contributed by atoms with Gasteiger partial charge in [-0.1, -0.05) is 20.3 Å². The lowest BCUT2D eigenvalue weighted by atomic mass is 9.70. The molecule has 2 fully saturated rings. The highest BCUT2D eigenvalue weighted by molar-refractivity contribution is 5.79. The maximum Gasteiger partial charge on any atom is 0.223 e. The van der Waals surface area contributed by atoms with Crippen molar-refractivity contribution in [3.63, 3.8) is 0 Å². The van der Waals surface area contributed by atoms with Crippen LogP contribution in [0.1, 0.15) is 52.4 Å². The van der Waals surface area contributed by atoms with Crippen molar-refractivity contribution in [2.45, 2.75) is 52.4 Å². The maximum absolute atomic E-state index is 12.0. The first-order valence-electron chi connectivity index (χ1n) is 6.94. The molecular weight excluding hydrogens is 198 g/mol. The average molecular weight is 223 g/mol. The Morgan fingerprint density at radius 3 is 2.44 bits per heavy atom. The van der Waals surface area contributed by atoms with Crippen LogP contribution in [0, 0.1) is 23.7 Å².